The van der Waals surface area contributed by atoms with Crippen LogP contribution in [0.25, 0.3) is 0 Å². The maximum atomic E-state index is 12.4. The van der Waals surface area contributed by atoms with E-state index in [-0.39, 0.29) is 23.8 Å². The van der Waals surface area contributed by atoms with E-state index in [0.717, 1.165) is 11.1 Å². The van der Waals surface area contributed by atoms with E-state index in [2.05, 4.69) is 10.6 Å². The van der Waals surface area contributed by atoms with Gasteiger partial charge in [-0.2, -0.15) is 0 Å². The first-order valence-electron chi connectivity index (χ1n) is 7.61. The lowest BCUT2D eigenvalue weighted by Gasteiger charge is -2.24. The minimum Gasteiger partial charge on any atom is -0.354 e. The number of carbonyl (C=O) groups excluding carboxylic acids is 2. The number of amides is 2. The van der Waals surface area contributed by atoms with Gasteiger partial charge in [-0.1, -0.05) is 43.7 Å². The summed E-state index contributed by atoms with van der Waals surface area (Å²) in [4.78, 5) is 25.8. The molecule has 0 aliphatic heterocycles. The highest BCUT2D eigenvalue weighted by Crippen LogP contribution is 2.19. The van der Waals surface area contributed by atoms with Crippen molar-refractivity contribution in [3.63, 3.8) is 0 Å². The van der Waals surface area contributed by atoms with Gasteiger partial charge >= 0.3 is 0 Å². The highest BCUT2D eigenvalue weighted by Gasteiger charge is 2.22. The molecular formula is C17H27N3O2. The molecule has 0 radical (unpaired) electrons. The first kappa shape index (κ1) is 18.2. The second kappa shape index (κ2) is 8.54. The van der Waals surface area contributed by atoms with Gasteiger partial charge in [0, 0.05) is 19.0 Å². The Labute approximate surface area is 133 Å². The van der Waals surface area contributed by atoms with Gasteiger partial charge in [-0.15, -0.1) is 0 Å². The molecule has 0 bridgehead atoms. The Kier molecular flexibility index (Phi) is 7.05. The Hall–Kier alpha value is -1.88. The summed E-state index contributed by atoms with van der Waals surface area (Å²) in [6.45, 7) is 6.56. The van der Waals surface area contributed by atoms with E-state index in [1.165, 1.54) is 0 Å². The number of carbonyl (C=O) groups is 2. The van der Waals surface area contributed by atoms with Gasteiger partial charge in [0.25, 0.3) is 0 Å². The van der Waals surface area contributed by atoms with E-state index < -0.39 is 0 Å². The minimum absolute atomic E-state index is 0.00269. The number of hydrogen-bond acceptors (Lipinski definition) is 3. The Morgan fingerprint density at radius 1 is 1.09 bits per heavy atom. The molecule has 1 aromatic carbocycles. The van der Waals surface area contributed by atoms with Crippen LogP contribution >= 0.6 is 0 Å². The first-order valence-corrected chi connectivity index (χ1v) is 7.61. The van der Waals surface area contributed by atoms with Gasteiger partial charge < -0.3 is 10.6 Å². The fourth-order valence-electron chi connectivity index (χ4n) is 2.20. The summed E-state index contributed by atoms with van der Waals surface area (Å²) in [6, 6.07) is 7.61. The molecule has 0 aliphatic rings. The number of likely N-dealkylation sites (N-methyl/N-ethyl adjacent to an activating group) is 1. The molecule has 0 fully saturated rings. The van der Waals surface area contributed by atoms with Gasteiger partial charge in [-0.25, -0.2) is 0 Å². The zero-order valence-corrected chi connectivity index (χ0v) is 14.1. The number of nitrogens with one attached hydrogen (secondary N) is 2. The summed E-state index contributed by atoms with van der Waals surface area (Å²) in [7, 11) is 3.76. The van der Waals surface area contributed by atoms with Gasteiger partial charge in [0.2, 0.25) is 11.8 Å². The van der Waals surface area contributed by atoms with E-state index >= 15 is 0 Å². The molecule has 1 aromatic rings. The molecule has 0 spiro atoms. The number of nitrogens with zero attached hydrogens (tertiary/aromatic N) is 1. The van der Waals surface area contributed by atoms with Crippen LogP contribution in [0.2, 0.25) is 0 Å². The number of rotatable bonds is 7. The number of benzene rings is 1. The van der Waals surface area contributed by atoms with Crippen molar-refractivity contribution in [1.29, 1.82) is 0 Å². The van der Waals surface area contributed by atoms with Crippen LogP contribution in [0.4, 0.5) is 0 Å². The molecule has 1 atom stereocenters. The van der Waals surface area contributed by atoms with Crippen molar-refractivity contribution in [3.05, 3.63) is 35.4 Å². The largest absolute Gasteiger partial charge is 0.354 e. The van der Waals surface area contributed by atoms with Crippen LogP contribution in [0, 0.1) is 12.8 Å². The Morgan fingerprint density at radius 2 is 1.68 bits per heavy atom. The van der Waals surface area contributed by atoms with Gasteiger partial charge in [0.1, 0.15) is 6.04 Å². The Morgan fingerprint density at radius 3 is 2.18 bits per heavy atom. The second-order valence-corrected chi connectivity index (χ2v) is 6.02. The molecule has 0 saturated heterocycles. The maximum Gasteiger partial charge on any atom is 0.242 e. The first-order chi connectivity index (χ1) is 10.3. The van der Waals surface area contributed by atoms with Crippen LogP contribution in [0.1, 0.15) is 31.0 Å². The smallest absolute Gasteiger partial charge is 0.242 e. The van der Waals surface area contributed by atoms with E-state index in [1.807, 2.05) is 64.0 Å². The topological polar surface area (TPSA) is 61.4 Å². The molecule has 1 rings (SSSR count). The summed E-state index contributed by atoms with van der Waals surface area (Å²) in [5.74, 6) is -0.107. The summed E-state index contributed by atoms with van der Waals surface area (Å²) in [5, 5.41) is 5.67. The lowest BCUT2D eigenvalue weighted by Crippen LogP contribution is -2.41. The van der Waals surface area contributed by atoms with Crippen molar-refractivity contribution in [2.24, 2.45) is 5.92 Å². The van der Waals surface area contributed by atoms with Gasteiger partial charge in [-0.05, 0) is 26.6 Å². The third-order valence-electron chi connectivity index (χ3n) is 3.37. The molecule has 22 heavy (non-hydrogen) atoms. The van der Waals surface area contributed by atoms with Crippen molar-refractivity contribution in [2.75, 3.05) is 27.2 Å². The SMILES string of the molecule is Cc1cccc([C@H](C(=O)NCCNC(=O)C(C)C)N(C)C)c1. The summed E-state index contributed by atoms with van der Waals surface area (Å²) in [6.07, 6.45) is 0. The van der Waals surface area contributed by atoms with Crippen molar-refractivity contribution >= 4 is 11.8 Å². The maximum absolute atomic E-state index is 12.4. The average Bonchev–Trinajstić information content (AvgIpc) is 2.43. The van der Waals surface area contributed by atoms with Crippen molar-refractivity contribution in [2.45, 2.75) is 26.8 Å². The van der Waals surface area contributed by atoms with Crippen LogP contribution in [0.15, 0.2) is 24.3 Å². The predicted octanol–water partition coefficient (Wildman–Crippen LogP) is 1.49. The number of hydrogen-bond donors (Lipinski definition) is 2. The molecule has 0 unspecified atom stereocenters. The summed E-state index contributed by atoms with van der Waals surface area (Å²) >= 11 is 0. The van der Waals surface area contributed by atoms with Crippen LogP contribution < -0.4 is 10.6 Å². The quantitative estimate of drug-likeness (QED) is 0.750. The molecule has 5 nitrogen and oxygen atoms in total. The molecule has 0 heterocycles. The van der Waals surface area contributed by atoms with Crippen LogP contribution in [-0.2, 0) is 9.59 Å². The van der Waals surface area contributed by atoms with E-state index in [0.29, 0.717) is 13.1 Å². The standard InChI is InChI=1S/C17H27N3O2/c1-12(2)16(21)18-9-10-19-17(22)15(20(4)5)14-8-6-7-13(3)11-14/h6-8,11-12,15H,9-10H2,1-5H3,(H,18,21)(H,19,22)/t15-/m1/s1. The number of aryl methyl sites for hydroxylation is 1. The second-order valence-electron chi connectivity index (χ2n) is 6.02. The molecule has 2 amide bonds. The molecule has 2 N–H and O–H groups in total. The molecule has 0 aliphatic carbocycles. The molecule has 0 aromatic heterocycles. The third-order valence-corrected chi connectivity index (χ3v) is 3.37. The normalized spacial score (nSPS) is 12.3. The van der Waals surface area contributed by atoms with Gasteiger partial charge in [0.05, 0.1) is 0 Å². The van der Waals surface area contributed by atoms with Gasteiger partial charge in [0.15, 0.2) is 0 Å². The Bertz CT molecular complexity index is 512. The summed E-state index contributed by atoms with van der Waals surface area (Å²) < 4.78 is 0. The zero-order chi connectivity index (χ0) is 16.7. The predicted molar refractivity (Wildman–Crippen MR) is 88.5 cm³/mol. The summed E-state index contributed by atoms with van der Waals surface area (Å²) in [5.41, 5.74) is 2.09. The van der Waals surface area contributed by atoms with Crippen LogP contribution in [-0.4, -0.2) is 43.9 Å². The van der Waals surface area contributed by atoms with Gasteiger partial charge in [-0.3, -0.25) is 14.5 Å². The van der Waals surface area contributed by atoms with Crippen LogP contribution in [0.3, 0.4) is 0 Å². The van der Waals surface area contributed by atoms with Crippen LogP contribution in [0.5, 0.6) is 0 Å². The van der Waals surface area contributed by atoms with Crippen molar-refractivity contribution in [1.82, 2.24) is 15.5 Å². The molecule has 122 valence electrons. The highest BCUT2D eigenvalue weighted by atomic mass is 16.2. The zero-order valence-electron chi connectivity index (χ0n) is 14.1. The fraction of sp³-hybridized carbons (Fsp3) is 0.529. The lowest BCUT2D eigenvalue weighted by atomic mass is 10.0. The molecule has 5 heteroatoms. The highest BCUT2D eigenvalue weighted by molar-refractivity contribution is 5.83. The van der Waals surface area contributed by atoms with E-state index in [1.54, 1.807) is 0 Å². The Balaban J connectivity index is 2.58. The fourth-order valence-corrected chi connectivity index (χ4v) is 2.20. The minimum atomic E-state index is -0.333. The average molecular weight is 305 g/mol. The van der Waals surface area contributed by atoms with Crippen molar-refractivity contribution < 1.29 is 9.59 Å². The third kappa shape index (κ3) is 5.48. The monoisotopic (exact) mass is 305 g/mol. The van der Waals surface area contributed by atoms with E-state index in [9.17, 15) is 9.59 Å². The van der Waals surface area contributed by atoms with E-state index in [4.69, 9.17) is 0 Å². The van der Waals surface area contributed by atoms with Crippen molar-refractivity contribution in [3.8, 4) is 0 Å². The lowest BCUT2D eigenvalue weighted by molar-refractivity contribution is -0.126. The molecule has 0 saturated carbocycles. The molecular weight excluding hydrogens is 278 g/mol.